The van der Waals surface area contributed by atoms with Gasteiger partial charge in [0.15, 0.2) is 0 Å². The summed E-state index contributed by atoms with van der Waals surface area (Å²) in [6.07, 6.45) is -0.0607. The minimum absolute atomic E-state index is 0.0447. The Morgan fingerprint density at radius 1 is 1.03 bits per heavy atom. The lowest BCUT2D eigenvalue weighted by molar-refractivity contribution is -0.151. The van der Waals surface area contributed by atoms with Crippen LogP contribution in [0.3, 0.4) is 0 Å². The van der Waals surface area contributed by atoms with E-state index in [0.717, 1.165) is 10.0 Å². The minimum atomic E-state index is -1.77. The summed E-state index contributed by atoms with van der Waals surface area (Å²) >= 11 is 3.46. The second kappa shape index (κ2) is 9.64. The number of methoxy groups -OCH3 is 1. The second-order valence-corrected chi connectivity index (χ2v) is 10.3. The number of likely N-dealkylation sites (tertiary alicyclic amines) is 1. The van der Waals surface area contributed by atoms with E-state index in [1.54, 1.807) is 30.3 Å². The van der Waals surface area contributed by atoms with Gasteiger partial charge in [0.2, 0.25) is 11.8 Å². The molecular formula is C28H25BrN2O6. The molecule has 3 aromatic rings. The number of nitrogens with one attached hydrogen (secondary N) is 1. The molecule has 4 atom stereocenters. The van der Waals surface area contributed by atoms with Crippen molar-refractivity contribution in [3.63, 3.8) is 0 Å². The number of aromatic hydroxyl groups is 1. The van der Waals surface area contributed by atoms with Gasteiger partial charge in [-0.25, -0.2) is 0 Å². The number of phenolic OH excluding ortho intramolecular Hbond substituents is 1. The number of phenols is 1. The third-order valence-electron chi connectivity index (χ3n) is 7.26. The normalized spacial score (nSPS) is 24.8. The number of ether oxygens (including phenoxy) is 1. The van der Waals surface area contributed by atoms with Crippen molar-refractivity contribution >= 4 is 33.7 Å². The van der Waals surface area contributed by atoms with Crippen molar-refractivity contribution in [2.75, 3.05) is 7.11 Å². The topological polar surface area (TPSA) is 116 Å². The molecule has 3 aromatic carbocycles. The van der Waals surface area contributed by atoms with Gasteiger partial charge in [0.05, 0.1) is 25.5 Å². The maximum absolute atomic E-state index is 13.9. The molecule has 0 radical (unpaired) electrons. The molecular weight excluding hydrogens is 540 g/mol. The van der Waals surface area contributed by atoms with Crippen LogP contribution in [0.25, 0.3) is 0 Å². The molecule has 2 fully saturated rings. The molecule has 190 valence electrons. The molecule has 8 nitrogen and oxygen atoms in total. The number of imide groups is 1. The molecule has 2 heterocycles. The van der Waals surface area contributed by atoms with Crippen LogP contribution in [-0.2, 0) is 27.3 Å². The molecule has 2 aliphatic heterocycles. The number of amides is 2. The number of fused-ring (bicyclic) bond motifs is 1. The first kappa shape index (κ1) is 25.0. The number of carbonyl (C=O) groups is 3. The van der Waals surface area contributed by atoms with Gasteiger partial charge in [-0.1, -0.05) is 58.4 Å². The number of hydrogen-bond donors (Lipinski definition) is 3. The summed E-state index contributed by atoms with van der Waals surface area (Å²) < 4.78 is 6.29. The summed E-state index contributed by atoms with van der Waals surface area (Å²) in [5, 5.41) is 23.5. The van der Waals surface area contributed by atoms with Gasteiger partial charge >= 0.3 is 5.97 Å². The van der Waals surface area contributed by atoms with Gasteiger partial charge in [-0.3, -0.25) is 24.6 Å². The first-order chi connectivity index (χ1) is 17.7. The van der Waals surface area contributed by atoms with Gasteiger partial charge in [0, 0.05) is 22.5 Å². The first-order valence-electron chi connectivity index (χ1n) is 11.8. The maximum Gasteiger partial charge on any atom is 0.325 e. The fourth-order valence-electron chi connectivity index (χ4n) is 5.57. The molecule has 5 rings (SSSR count). The first-order valence-corrected chi connectivity index (χ1v) is 12.6. The molecule has 37 heavy (non-hydrogen) atoms. The number of nitrogens with zero attached hydrogens (tertiary/aromatic N) is 1. The van der Waals surface area contributed by atoms with Crippen LogP contribution in [0.5, 0.6) is 11.5 Å². The van der Waals surface area contributed by atoms with Crippen LogP contribution in [0, 0.1) is 11.8 Å². The predicted octanol–water partition coefficient (Wildman–Crippen LogP) is 3.68. The molecule has 0 bridgehead atoms. The SMILES string of the molecule is COc1ccc(Br)cc1C1NC(Cc2ccc(O)cc2)(C(=O)O)C2C(=O)N(Cc3ccccc3)C(=O)C12. The van der Waals surface area contributed by atoms with Crippen LogP contribution in [0.2, 0.25) is 0 Å². The van der Waals surface area contributed by atoms with Crippen molar-refractivity contribution < 1.29 is 29.3 Å². The predicted molar refractivity (Wildman–Crippen MR) is 138 cm³/mol. The summed E-state index contributed by atoms with van der Waals surface area (Å²) in [6, 6.07) is 19.8. The molecule has 2 amide bonds. The van der Waals surface area contributed by atoms with Crippen LogP contribution in [0.4, 0.5) is 0 Å². The zero-order valence-electron chi connectivity index (χ0n) is 19.9. The Hall–Kier alpha value is -3.69. The molecule has 0 spiro atoms. The Balaban J connectivity index is 1.64. The van der Waals surface area contributed by atoms with E-state index in [0.29, 0.717) is 16.9 Å². The van der Waals surface area contributed by atoms with Gasteiger partial charge in [0.1, 0.15) is 17.0 Å². The number of rotatable bonds is 7. The van der Waals surface area contributed by atoms with Gasteiger partial charge in [-0.2, -0.15) is 0 Å². The molecule has 0 aliphatic carbocycles. The van der Waals surface area contributed by atoms with E-state index in [1.165, 1.54) is 24.1 Å². The number of hydrogen-bond acceptors (Lipinski definition) is 6. The number of benzene rings is 3. The Labute approximate surface area is 222 Å². The lowest BCUT2D eigenvalue weighted by atomic mass is 9.76. The monoisotopic (exact) mass is 564 g/mol. The Kier molecular flexibility index (Phi) is 6.51. The highest BCUT2D eigenvalue weighted by Crippen LogP contribution is 2.52. The maximum atomic E-state index is 13.9. The highest BCUT2D eigenvalue weighted by Gasteiger charge is 2.68. The van der Waals surface area contributed by atoms with Crippen molar-refractivity contribution in [3.05, 3.63) is 94.0 Å². The molecule has 2 saturated heterocycles. The van der Waals surface area contributed by atoms with Crippen LogP contribution >= 0.6 is 15.9 Å². The summed E-state index contributed by atoms with van der Waals surface area (Å²) in [4.78, 5) is 41.9. The fraction of sp³-hybridized carbons (Fsp3) is 0.250. The van der Waals surface area contributed by atoms with Crippen LogP contribution in [0.15, 0.2) is 77.3 Å². The Morgan fingerprint density at radius 2 is 1.73 bits per heavy atom. The van der Waals surface area contributed by atoms with Crippen molar-refractivity contribution in [1.82, 2.24) is 10.2 Å². The van der Waals surface area contributed by atoms with Gasteiger partial charge in [-0.15, -0.1) is 0 Å². The van der Waals surface area contributed by atoms with Crippen LogP contribution in [-0.4, -0.2) is 45.5 Å². The Morgan fingerprint density at radius 3 is 2.38 bits per heavy atom. The largest absolute Gasteiger partial charge is 0.508 e. The molecule has 0 saturated carbocycles. The van der Waals surface area contributed by atoms with Crippen molar-refractivity contribution in [2.24, 2.45) is 11.8 Å². The lowest BCUT2D eigenvalue weighted by Gasteiger charge is -2.31. The third-order valence-corrected chi connectivity index (χ3v) is 7.75. The van der Waals surface area contributed by atoms with Crippen molar-refractivity contribution in [1.29, 1.82) is 0 Å². The number of halogens is 1. The third kappa shape index (κ3) is 4.28. The summed E-state index contributed by atoms with van der Waals surface area (Å²) in [7, 11) is 1.50. The average Bonchev–Trinajstić information content (AvgIpc) is 3.36. The average molecular weight is 565 g/mol. The molecule has 3 N–H and O–H groups in total. The highest BCUT2D eigenvalue weighted by molar-refractivity contribution is 9.10. The quantitative estimate of drug-likeness (QED) is 0.375. The van der Waals surface area contributed by atoms with Gasteiger partial charge in [0.25, 0.3) is 0 Å². The van der Waals surface area contributed by atoms with Gasteiger partial charge < -0.3 is 14.9 Å². The Bertz CT molecular complexity index is 1360. The summed E-state index contributed by atoms with van der Waals surface area (Å²) in [5.41, 5.74) is 0.198. The van der Waals surface area contributed by atoms with Crippen LogP contribution in [0.1, 0.15) is 22.7 Å². The fourth-order valence-corrected chi connectivity index (χ4v) is 5.95. The highest BCUT2D eigenvalue weighted by atomic mass is 79.9. The summed E-state index contributed by atoms with van der Waals surface area (Å²) in [5.74, 6) is -3.75. The number of carboxylic acid groups (broad SMARTS) is 1. The minimum Gasteiger partial charge on any atom is -0.508 e. The van der Waals surface area contributed by atoms with E-state index in [1.807, 2.05) is 30.3 Å². The van der Waals surface area contributed by atoms with E-state index in [2.05, 4.69) is 21.2 Å². The molecule has 2 aliphatic rings. The molecule has 4 unspecified atom stereocenters. The van der Waals surface area contributed by atoms with Crippen molar-refractivity contribution in [2.45, 2.75) is 24.5 Å². The van der Waals surface area contributed by atoms with E-state index in [4.69, 9.17) is 4.74 Å². The summed E-state index contributed by atoms with van der Waals surface area (Å²) in [6.45, 7) is 0.0583. The van der Waals surface area contributed by atoms with Gasteiger partial charge in [-0.05, 0) is 41.5 Å². The zero-order valence-corrected chi connectivity index (χ0v) is 21.5. The lowest BCUT2D eigenvalue weighted by Crippen LogP contribution is -2.57. The van der Waals surface area contributed by atoms with Crippen molar-refractivity contribution in [3.8, 4) is 11.5 Å². The smallest absolute Gasteiger partial charge is 0.325 e. The number of carbonyl (C=O) groups excluding carboxylic acids is 2. The number of carboxylic acids is 1. The van der Waals surface area contributed by atoms with E-state index < -0.39 is 41.2 Å². The van der Waals surface area contributed by atoms with E-state index >= 15 is 0 Å². The zero-order chi connectivity index (χ0) is 26.3. The standard InChI is InChI=1S/C28H25BrN2O6/c1-37-21-12-9-18(29)13-20(21)24-22-23(26(34)31(25(22)33)15-17-5-3-2-4-6-17)28(30-24,27(35)36)14-16-7-10-19(32)11-8-16/h2-13,22-24,30,32H,14-15H2,1H3,(H,35,36). The van der Waals surface area contributed by atoms with E-state index in [-0.39, 0.29) is 18.7 Å². The molecule has 9 heteroatoms. The molecule has 0 aromatic heterocycles. The second-order valence-electron chi connectivity index (χ2n) is 9.38. The van der Waals surface area contributed by atoms with E-state index in [9.17, 15) is 24.6 Å². The number of aliphatic carboxylic acids is 1. The van der Waals surface area contributed by atoms with Crippen LogP contribution < -0.4 is 10.1 Å².